The summed E-state index contributed by atoms with van der Waals surface area (Å²) >= 11 is 0. The summed E-state index contributed by atoms with van der Waals surface area (Å²) in [4.78, 5) is 19.3. The molecule has 0 aliphatic heterocycles. The Morgan fingerprint density at radius 3 is 2.28 bits per heavy atom. The molecule has 9 heteroatoms. The lowest BCUT2D eigenvalue weighted by Crippen LogP contribution is -2.08. The molecule has 0 aliphatic carbocycles. The van der Waals surface area contributed by atoms with Gasteiger partial charge in [-0.2, -0.15) is 0 Å². The minimum absolute atomic E-state index is 0.103. The highest BCUT2D eigenvalue weighted by Crippen LogP contribution is 2.31. The number of hydrogen-bond donors (Lipinski definition) is 2. The Morgan fingerprint density at radius 2 is 1.66 bits per heavy atom. The minimum Gasteiger partial charge on any atom is -0.497 e. The Labute approximate surface area is 167 Å². The van der Waals surface area contributed by atoms with Crippen molar-refractivity contribution in [1.82, 2.24) is 9.97 Å². The third-order valence-electron chi connectivity index (χ3n) is 4.05. The van der Waals surface area contributed by atoms with Crippen molar-refractivity contribution in [3.63, 3.8) is 0 Å². The van der Waals surface area contributed by atoms with E-state index in [1.54, 1.807) is 31.4 Å². The summed E-state index contributed by atoms with van der Waals surface area (Å²) in [5, 5.41) is 17.7. The average Bonchev–Trinajstić information content (AvgIpc) is 2.74. The van der Waals surface area contributed by atoms with Gasteiger partial charge in [-0.25, -0.2) is 9.97 Å². The van der Waals surface area contributed by atoms with E-state index < -0.39 is 4.92 Å². The number of nitrogens with zero attached hydrogens (tertiary/aromatic N) is 3. The van der Waals surface area contributed by atoms with Crippen LogP contribution in [0.5, 0.6) is 11.5 Å². The van der Waals surface area contributed by atoms with Gasteiger partial charge in [-0.15, -0.1) is 0 Å². The predicted octanol–water partition coefficient (Wildman–Crippen LogP) is 4.15. The van der Waals surface area contributed by atoms with E-state index in [1.165, 1.54) is 6.33 Å². The fraction of sp³-hybridized carbons (Fsp3) is 0.200. The maximum absolute atomic E-state index is 11.7. The zero-order chi connectivity index (χ0) is 20.6. The summed E-state index contributed by atoms with van der Waals surface area (Å²) in [5.41, 5.74) is 1.35. The lowest BCUT2D eigenvalue weighted by molar-refractivity contribution is -0.383. The van der Waals surface area contributed by atoms with Crippen LogP contribution in [0.15, 0.2) is 54.9 Å². The average molecular weight is 395 g/mol. The van der Waals surface area contributed by atoms with E-state index in [0.29, 0.717) is 18.8 Å². The molecule has 0 unspecified atom stereocenters. The Hall–Kier alpha value is -3.88. The maximum Gasteiger partial charge on any atom is 0.353 e. The topological polar surface area (TPSA) is 111 Å². The SMILES string of the molecule is CCOc1ccc(Nc2ncnc(NCc3ccc(OC)cc3)c2[N+](=O)[O-])cc1. The maximum atomic E-state index is 11.7. The first kappa shape index (κ1) is 19.9. The smallest absolute Gasteiger partial charge is 0.353 e. The Kier molecular flexibility index (Phi) is 6.41. The first-order chi connectivity index (χ1) is 14.1. The third kappa shape index (κ3) is 5.10. The van der Waals surface area contributed by atoms with Gasteiger partial charge in [0.25, 0.3) is 0 Å². The van der Waals surface area contributed by atoms with E-state index in [4.69, 9.17) is 9.47 Å². The van der Waals surface area contributed by atoms with E-state index >= 15 is 0 Å². The first-order valence-corrected chi connectivity index (χ1v) is 8.96. The fourth-order valence-corrected chi connectivity index (χ4v) is 2.64. The van der Waals surface area contributed by atoms with Gasteiger partial charge in [0.15, 0.2) is 0 Å². The Morgan fingerprint density at radius 1 is 1.00 bits per heavy atom. The molecular weight excluding hydrogens is 374 g/mol. The standard InChI is InChI=1S/C20H21N5O4/c1-3-29-17-10-6-15(7-11-17)24-20-18(25(26)27)19(22-13-23-20)21-12-14-4-8-16(28-2)9-5-14/h4-11,13H,3,12H2,1-2H3,(H2,21,22,23,24). The number of anilines is 3. The van der Waals surface area contributed by atoms with Crippen LogP contribution in [0.4, 0.5) is 23.0 Å². The second kappa shape index (κ2) is 9.36. The van der Waals surface area contributed by atoms with Crippen LogP contribution >= 0.6 is 0 Å². The number of benzene rings is 2. The van der Waals surface area contributed by atoms with Crippen LogP contribution in [0, 0.1) is 10.1 Å². The summed E-state index contributed by atoms with van der Waals surface area (Å²) in [6.45, 7) is 2.83. The molecule has 0 spiro atoms. The zero-order valence-corrected chi connectivity index (χ0v) is 16.1. The van der Waals surface area contributed by atoms with Gasteiger partial charge >= 0.3 is 5.69 Å². The monoisotopic (exact) mass is 395 g/mol. The largest absolute Gasteiger partial charge is 0.497 e. The number of aromatic nitrogens is 2. The van der Waals surface area contributed by atoms with Crippen LogP contribution < -0.4 is 20.1 Å². The van der Waals surface area contributed by atoms with Gasteiger partial charge in [-0.05, 0) is 48.9 Å². The highest BCUT2D eigenvalue weighted by atomic mass is 16.6. The number of rotatable bonds is 9. The molecule has 3 rings (SSSR count). The van der Waals surface area contributed by atoms with Crippen molar-refractivity contribution < 1.29 is 14.4 Å². The molecule has 0 bridgehead atoms. The van der Waals surface area contributed by atoms with Crippen LogP contribution in [-0.4, -0.2) is 28.6 Å². The number of ether oxygens (including phenoxy) is 2. The van der Waals surface area contributed by atoms with E-state index in [-0.39, 0.29) is 17.3 Å². The second-order valence-corrected chi connectivity index (χ2v) is 5.96. The van der Waals surface area contributed by atoms with Gasteiger partial charge in [0, 0.05) is 12.2 Å². The molecule has 0 amide bonds. The zero-order valence-electron chi connectivity index (χ0n) is 16.1. The number of hydrogen-bond acceptors (Lipinski definition) is 8. The van der Waals surface area contributed by atoms with E-state index in [9.17, 15) is 10.1 Å². The molecule has 2 N–H and O–H groups in total. The van der Waals surface area contributed by atoms with Gasteiger partial charge in [-0.1, -0.05) is 12.1 Å². The van der Waals surface area contributed by atoms with Crippen molar-refractivity contribution in [2.75, 3.05) is 24.4 Å². The molecule has 3 aromatic rings. The van der Waals surface area contributed by atoms with Gasteiger partial charge in [0.1, 0.15) is 17.8 Å². The van der Waals surface area contributed by atoms with Crippen LogP contribution in [0.25, 0.3) is 0 Å². The summed E-state index contributed by atoms with van der Waals surface area (Å²) in [7, 11) is 1.59. The molecule has 2 aromatic carbocycles. The highest BCUT2D eigenvalue weighted by molar-refractivity contribution is 5.73. The summed E-state index contributed by atoms with van der Waals surface area (Å²) < 4.78 is 10.5. The lowest BCUT2D eigenvalue weighted by atomic mass is 10.2. The van der Waals surface area contributed by atoms with Crippen LogP contribution in [0.1, 0.15) is 12.5 Å². The number of nitro groups is 1. The van der Waals surface area contributed by atoms with Crippen molar-refractivity contribution >= 4 is 23.0 Å². The quantitative estimate of drug-likeness (QED) is 0.411. The Bertz CT molecular complexity index is 962. The second-order valence-electron chi connectivity index (χ2n) is 5.96. The molecule has 0 atom stereocenters. The van der Waals surface area contributed by atoms with Gasteiger partial charge in [-0.3, -0.25) is 10.1 Å². The predicted molar refractivity (Wildman–Crippen MR) is 110 cm³/mol. The van der Waals surface area contributed by atoms with Crippen LogP contribution in [-0.2, 0) is 6.54 Å². The van der Waals surface area contributed by atoms with Crippen LogP contribution in [0.3, 0.4) is 0 Å². The molecule has 29 heavy (non-hydrogen) atoms. The highest BCUT2D eigenvalue weighted by Gasteiger charge is 2.23. The molecule has 0 radical (unpaired) electrons. The van der Waals surface area contributed by atoms with Crippen molar-refractivity contribution in [2.45, 2.75) is 13.5 Å². The van der Waals surface area contributed by atoms with Crippen molar-refractivity contribution in [3.8, 4) is 11.5 Å². The molecule has 1 aromatic heterocycles. The summed E-state index contributed by atoms with van der Waals surface area (Å²) in [5.74, 6) is 1.70. The molecular formula is C20H21N5O4. The first-order valence-electron chi connectivity index (χ1n) is 8.96. The fourth-order valence-electron chi connectivity index (χ4n) is 2.64. The molecule has 0 saturated carbocycles. The molecule has 0 fully saturated rings. The molecule has 0 aliphatic rings. The van der Waals surface area contributed by atoms with Crippen LogP contribution in [0.2, 0.25) is 0 Å². The number of methoxy groups -OCH3 is 1. The van der Waals surface area contributed by atoms with Gasteiger partial charge in [0.05, 0.1) is 18.6 Å². The lowest BCUT2D eigenvalue weighted by Gasteiger charge is -2.11. The number of nitrogens with one attached hydrogen (secondary N) is 2. The molecule has 0 saturated heterocycles. The van der Waals surface area contributed by atoms with Crippen molar-refractivity contribution in [3.05, 3.63) is 70.5 Å². The Balaban J connectivity index is 1.78. The van der Waals surface area contributed by atoms with Crippen molar-refractivity contribution in [1.29, 1.82) is 0 Å². The molecule has 9 nitrogen and oxygen atoms in total. The van der Waals surface area contributed by atoms with E-state index in [1.807, 2.05) is 31.2 Å². The molecule has 150 valence electrons. The third-order valence-corrected chi connectivity index (χ3v) is 4.05. The van der Waals surface area contributed by atoms with Gasteiger partial charge < -0.3 is 20.1 Å². The minimum atomic E-state index is -0.507. The normalized spacial score (nSPS) is 10.3. The summed E-state index contributed by atoms with van der Waals surface area (Å²) in [6, 6.07) is 14.5. The van der Waals surface area contributed by atoms with E-state index in [0.717, 1.165) is 17.1 Å². The van der Waals surface area contributed by atoms with Crippen molar-refractivity contribution in [2.24, 2.45) is 0 Å². The summed E-state index contributed by atoms with van der Waals surface area (Å²) in [6.07, 6.45) is 1.28. The molecule has 1 heterocycles. The van der Waals surface area contributed by atoms with E-state index in [2.05, 4.69) is 20.6 Å². The van der Waals surface area contributed by atoms with Gasteiger partial charge in [0.2, 0.25) is 11.6 Å².